The molecule has 1 aliphatic rings. The molecule has 0 saturated heterocycles. The molecule has 0 spiro atoms. The van der Waals surface area contributed by atoms with Gasteiger partial charge in [-0.2, -0.15) is 0 Å². The quantitative estimate of drug-likeness (QED) is 0.883. The SMILES string of the molecule is CNc1ccnc(CN2CCn3ccnc3C2)c1. The minimum atomic E-state index is 0.877. The van der Waals surface area contributed by atoms with E-state index in [1.807, 2.05) is 31.7 Å². The standard InChI is InChI=1S/C13H17N5/c1-14-11-2-3-15-12(8-11)9-17-6-7-18-5-4-16-13(18)10-17/h2-5,8H,6-7,9-10H2,1H3,(H,14,15). The van der Waals surface area contributed by atoms with Crippen molar-refractivity contribution in [1.29, 1.82) is 0 Å². The molecule has 3 heterocycles. The van der Waals surface area contributed by atoms with Crippen molar-refractivity contribution in [3.8, 4) is 0 Å². The van der Waals surface area contributed by atoms with Gasteiger partial charge < -0.3 is 9.88 Å². The molecule has 2 aromatic rings. The van der Waals surface area contributed by atoms with Crippen molar-refractivity contribution in [1.82, 2.24) is 19.4 Å². The van der Waals surface area contributed by atoms with Crippen LogP contribution in [-0.4, -0.2) is 33.0 Å². The van der Waals surface area contributed by atoms with Crippen molar-refractivity contribution in [2.45, 2.75) is 19.6 Å². The fourth-order valence-corrected chi connectivity index (χ4v) is 2.31. The maximum Gasteiger partial charge on any atom is 0.122 e. The molecule has 3 rings (SSSR count). The van der Waals surface area contributed by atoms with Crippen molar-refractivity contribution >= 4 is 5.69 Å². The van der Waals surface area contributed by atoms with Gasteiger partial charge in [0.2, 0.25) is 0 Å². The van der Waals surface area contributed by atoms with E-state index < -0.39 is 0 Å². The van der Waals surface area contributed by atoms with Crippen molar-refractivity contribution < 1.29 is 0 Å². The number of imidazole rings is 1. The summed E-state index contributed by atoms with van der Waals surface area (Å²) in [5, 5.41) is 3.14. The lowest BCUT2D eigenvalue weighted by molar-refractivity contribution is 0.206. The summed E-state index contributed by atoms with van der Waals surface area (Å²) < 4.78 is 2.22. The lowest BCUT2D eigenvalue weighted by Gasteiger charge is -2.27. The van der Waals surface area contributed by atoms with Crippen molar-refractivity contribution in [2.24, 2.45) is 0 Å². The Kier molecular flexibility index (Phi) is 2.98. The summed E-state index contributed by atoms with van der Waals surface area (Å²) in [6, 6.07) is 4.08. The Morgan fingerprint density at radius 3 is 3.11 bits per heavy atom. The number of nitrogens with one attached hydrogen (secondary N) is 1. The first-order chi connectivity index (χ1) is 8.85. The summed E-state index contributed by atoms with van der Waals surface area (Å²) in [6.45, 7) is 3.84. The summed E-state index contributed by atoms with van der Waals surface area (Å²) in [6.07, 6.45) is 5.78. The lowest BCUT2D eigenvalue weighted by atomic mass is 10.2. The number of anilines is 1. The minimum absolute atomic E-state index is 0.877. The third-order valence-electron chi connectivity index (χ3n) is 3.31. The molecule has 0 aliphatic carbocycles. The highest BCUT2D eigenvalue weighted by Gasteiger charge is 2.16. The molecule has 1 N–H and O–H groups in total. The molecule has 0 radical (unpaired) electrons. The highest BCUT2D eigenvalue weighted by atomic mass is 15.2. The molecule has 2 aromatic heterocycles. The highest BCUT2D eigenvalue weighted by Crippen LogP contribution is 2.14. The Bertz CT molecular complexity index is 534. The molecular formula is C13H17N5. The van der Waals surface area contributed by atoms with Gasteiger partial charge in [-0.15, -0.1) is 0 Å². The van der Waals surface area contributed by atoms with Crippen molar-refractivity contribution in [2.75, 3.05) is 18.9 Å². The summed E-state index contributed by atoms with van der Waals surface area (Å²) in [5.74, 6) is 1.14. The van der Waals surface area contributed by atoms with Crippen LogP contribution < -0.4 is 5.32 Å². The Hall–Kier alpha value is -1.88. The van der Waals surface area contributed by atoms with E-state index in [1.54, 1.807) is 0 Å². The number of rotatable bonds is 3. The van der Waals surface area contributed by atoms with Gasteiger partial charge in [-0.1, -0.05) is 0 Å². The van der Waals surface area contributed by atoms with Crippen LogP contribution in [0.5, 0.6) is 0 Å². The molecule has 0 amide bonds. The van der Waals surface area contributed by atoms with E-state index >= 15 is 0 Å². The normalized spacial score (nSPS) is 15.4. The number of fused-ring (bicyclic) bond motifs is 1. The molecule has 0 atom stereocenters. The lowest BCUT2D eigenvalue weighted by Crippen LogP contribution is -2.33. The fraction of sp³-hybridized carbons (Fsp3) is 0.385. The Morgan fingerprint density at radius 2 is 2.22 bits per heavy atom. The third-order valence-corrected chi connectivity index (χ3v) is 3.31. The predicted molar refractivity (Wildman–Crippen MR) is 70.1 cm³/mol. The number of hydrogen-bond acceptors (Lipinski definition) is 4. The average molecular weight is 243 g/mol. The van der Waals surface area contributed by atoms with Gasteiger partial charge in [0.05, 0.1) is 12.2 Å². The average Bonchev–Trinajstić information content (AvgIpc) is 2.86. The van der Waals surface area contributed by atoms with Gasteiger partial charge in [0, 0.05) is 51.0 Å². The molecule has 94 valence electrons. The first-order valence-electron chi connectivity index (χ1n) is 6.20. The molecule has 5 heteroatoms. The van der Waals surface area contributed by atoms with Crippen LogP contribution in [0.4, 0.5) is 5.69 Å². The van der Waals surface area contributed by atoms with Crippen LogP contribution in [0, 0.1) is 0 Å². The first-order valence-corrected chi connectivity index (χ1v) is 6.20. The second-order valence-corrected chi connectivity index (χ2v) is 4.53. The topological polar surface area (TPSA) is 46.0 Å². The predicted octanol–water partition coefficient (Wildman–Crippen LogP) is 1.34. The van der Waals surface area contributed by atoms with Gasteiger partial charge >= 0.3 is 0 Å². The molecule has 0 bridgehead atoms. The molecule has 18 heavy (non-hydrogen) atoms. The van der Waals surface area contributed by atoms with Gasteiger partial charge in [-0.25, -0.2) is 4.98 Å². The first kappa shape index (κ1) is 11.2. The van der Waals surface area contributed by atoms with Gasteiger partial charge in [0.25, 0.3) is 0 Å². The van der Waals surface area contributed by atoms with E-state index in [1.165, 1.54) is 0 Å². The largest absolute Gasteiger partial charge is 0.388 e. The van der Waals surface area contributed by atoms with Gasteiger partial charge in [-0.3, -0.25) is 9.88 Å². The molecule has 0 aromatic carbocycles. The van der Waals surface area contributed by atoms with Crippen LogP contribution in [-0.2, 0) is 19.6 Å². The van der Waals surface area contributed by atoms with Crippen LogP contribution in [0.1, 0.15) is 11.5 Å². The van der Waals surface area contributed by atoms with Crippen molar-refractivity contribution in [3.63, 3.8) is 0 Å². The van der Waals surface area contributed by atoms with E-state index in [-0.39, 0.29) is 0 Å². The van der Waals surface area contributed by atoms with E-state index in [0.29, 0.717) is 0 Å². The Morgan fingerprint density at radius 1 is 1.28 bits per heavy atom. The second kappa shape index (κ2) is 4.78. The molecule has 5 nitrogen and oxygen atoms in total. The fourth-order valence-electron chi connectivity index (χ4n) is 2.31. The van der Waals surface area contributed by atoms with Gasteiger partial charge in [-0.05, 0) is 12.1 Å². The number of hydrogen-bond donors (Lipinski definition) is 1. The van der Waals surface area contributed by atoms with Crippen molar-refractivity contribution in [3.05, 3.63) is 42.2 Å². The molecule has 0 saturated carbocycles. The van der Waals surface area contributed by atoms with Gasteiger partial charge in [0.1, 0.15) is 5.82 Å². The van der Waals surface area contributed by atoms with Crippen LogP contribution >= 0.6 is 0 Å². The highest BCUT2D eigenvalue weighted by molar-refractivity contribution is 5.42. The summed E-state index contributed by atoms with van der Waals surface area (Å²) in [5.41, 5.74) is 2.21. The third kappa shape index (κ3) is 2.22. The molecule has 0 unspecified atom stereocenters. The maximum atomic E-state index is 4.42. The molecular weight excluding hydrogens is 226 g/mol. The monoisotopic (exact) mass is 243 g/mol. The van der Waals surface area contributed by atoms with Crippen LogP contribution in [0.3, 0.4) is 0 Å². The molecule has 1 aliphatic heterocycles. The number of aromatic nitrogens is 3. The minimum Gasteiger partial charge on any atom is -0.388 e. The van der Waals surface area contributed by atoms with Gasteiger partial charge in [0.15, 0.2) is 0 Å². The maximum absolute atomic E-state index is 4.42. The van der Waals surface area contributed by atoms with E-state index in [2.05, 4.69) is 30.8 Å². The summed E-state index contributed by atoms with van der Waals surface area (Å²) in [4.78, 5) is 11.2. The zero-order chi connectivity index (χ0) is 12.4. The number of pyridine rings is 1. The van der Waals surface area contributed by atoms with Crippen LogP contribution in [0.2, 0.25) is 0 Å². The zero-order valence-corrected chi connectivity index (χ0v) is 10.5. The summed E-state index contributed by atoms with van der Waals surface area (Å²) >= 11 is 0. The van der Waals surface area contributed by atoms with E-state index in [0.717, 1.165) is 43.4 Å². The Balaban J connectivity index is 1.70. The zero-order valence-electron chi connectivity index (χ0n) is 10.5. The summed E-state index contributed by atoms with van der Waals surface area (Å²) in [7, 11) is 1.93. The van der Waals surface area contributed by atoms with Crippen LogP contribution in [0.15, 0.2) is 30.7 Å². The Labute approximate surface area is 106 Å². The van der Waals surface area contributed by atoms with E-state index in [4.69, 9.17) is 0 Å². The smallest absolute Gasteiger partial charge is 0.122 e. The van der Waals surface area contributed by atoms with Crippen LogP contribution in [0.25, 0.3) is 0 Å². The van der Waals surface area contributed by atoms with E-state index in [9.17, 15) is 0 Å². The number of nitrogens with zero attached hydrogens (tertiary/aromatic N) is 4. The molecule has 0 fully saturated rings. The second-order valence-electron chi connectivity index (χ2n) is 4.53.